The van der Waals surface area contributed by atoms with Crippen LogP contribution in [0, 0.1) is 11.8 Å². The summed E-state index contributed by atoms with van der Waals surface area (Å²) in [6, 6.07) is 5.20. The third-order valence-electron chi connectivity index (χ3n) is 4.64. The summed E-state index contributed by atoms with van der Waals surface area (Å²) >= 11 is 0. The molecule has 0 radical (unpaired) electrons. The Morgan fingerprint density at radius 3 is 2.77 bits per heavy atom. The Kier molecular flexibility index (Phi) is 9.68. The largest absolute Gasteiger partial charge is 0.469 e. The van der Waals surface area contributed by atoms with Crippen LogP contribution in [-0.4, -0.2) is 55.2 Å². The smallest absolute Gasteiger partial charge is 0.310 e. The number of pyridine rings is 1. The van der Waals surface area contributed by atoms with E-state index in [4.69, 9.17) is 4.74 Å². The van der Waals surface area contributed by atoms with Gasteiger partial charge in [-0.3, -0.25) is 14.6 Å². The van der Waals surface area contributed by atoms with Crippen molar-refractivity contribution in [3.05, 3.63) is 34.7 Å². The lowest BCUT2D eigenvalue weighted by Gasteiger charge is -2.21. The number of nitrogens with one attached hydrogen (secondary N) is 1. The molecule has 0 amide bonds. The van der Waals surface area contributed by atoms with E-state index in [9.17, 15) is 9.59 Å². The van der Waals surface area contributed by atoms with Crippen molar-refractivity contribution in [1.29, 1.82) is 0 Å². The Morgan fingerprint density at radius 2 is 2.12 bits per heavy atom. The lowest BCUT2D eigenvalue weighted by atomic mass is 9.99. The second-order valence-electron chi connectivity index (χ2n) is 6.43. The molecular formula is C18H29IN4O3. The Balaban J connectivity index is 0.00000338. The molecule has 1 fully saturated rings. The fourth-order valence-corrected chi connectivity index (χ4v) is 3.18. The number of likely N-dealkylation sites (tertiary alicyclic amines) is 1. The van der Waals surface area contributed by atoms with Gasteiger partial charge < -0.3 is 19.5 Å². The summed E-state index contributed by atoms with van der Waals surface area (Å²) in [6.07, 6.45) is 3.66. The topological polar surface area (TPSA) is 75.9 Å². The van der Waals surface area contributed by atoms with Crippen molar-refractivity contribution in [2.75, 3.05) is 33.8 Å². The van der Waals surface area contributed by atoms with Gasteiger partial charge in [-0.2, -0.15) is 0 Å². The molecule has 1 aromatic rings. The number of unbranched alkanes of at least 4 members (excludes halogenated alkanes) is 1. The molecular weight excluding hydrogens is 447 g/mol. The van der Waals surface area contributed by atoms with Gasteiger partial charge in [-0.1, -0.05) is 13.0 Å². The number of aromatic nitrogens is 1. The highest BCUT2D eigenvalue weighted by atomic mass is 127. The van der Waals surface area contributed by atoms with Crippen LogP contribution in [0.1, 0.15) is 19.8 Å². The lowest BCUT2D eigenvalue weighted by molar-refractivity contribution is -0.145. The van der Waals surface area contributed by atoms with E-state index in [1.807, 2.05) is 12.3 Å². The zero-order valence-electron chi connectivity index (χ0n) is 15.7. The number of ether oxygens (including phenoxy) is 1. The molecule has 0 bridgehead atoms. The molecule has 1 aromatic heterocycles. The Bertz CT molecular complexity index is 662. The standard InChI is InChI=1S/C18H28N4O3.HI/c1-14-12-22(13-15(14)17(24)25-3)18(19-2)20-9-5-7-11-21-10-6-4-8-16(21)23;/h4,6,8,10,14-15H,5,7,9,11-13H2,1-3H3,(H,19,20);1H. The summed E-state index contributed by atoms with van der Waals surface area (Å²) in [7, 11) is 3.19. The molecule has 2 rings (SSSR count). The average Bonchev–Trinajstić information content (AvgIpc) is 3.00. The summed E-state index contributed by atoms with van der Waals surface area (Å²) in [4.78, 5) is 29.9. The second-order valence-corrected chi connectivity index (χ2v) is 6.43. The number of guanidine groups is 1. The number of carbonyl (C=O) groups excluding carboxylic acids is 1. The fraction of sp³-hybridized carbons (Fsp3) is 0.611. The molecule has 8 heteroatoms. The number of methoxy groups -OCH3 is 1. The lowest BCUT2D eigenvalue weighted by Crippen LogP contribution is -2.41. The van der Waals surface area contributed by atoms with Gasteiger partial charge in [0.2, 0.25) is 5.56 Å². The molecule has 0 saturated carbocycles. The van der Waals surface area contributed by atoms with Gasteiger partial charge in [0.1, 0.15) is 0 Å². The average molecular weight is 476 g/mol. The molecule has 2 atom stereocenters. The summed E-state index contributed by atoms with van der Waals surface area (Å²) in [5.74, 6) is 0.804. The van der Waals surface area contributed by atoms with Gasteiger partial charge in [-0.15, -0.1) is 24.0 Å². The van der Waals surface area contributed by atoms with Crippen molar-refractivity contribution in [3.8, 4) is 0 Å². The van der Waals surface area contributed by atoms with Crippen LogP contribution in [0.15, 0.2) is 34.2 Å². The zero-order valence-corrected chi connectivity index (χ0v) is 18.0. The first kappa shape index (κ1) is 22.5. The molecule has 26 heavy (non-hydrogen) atoms. The van der Waals surface area contributed by atoms with Gasteiger partial charge in [0.15, 0.2) is 5.96 Å². The van der Waals surface area contributed by atoms with E-state index in [1.54, 1.807) is 23.7 Å². The Morgan fingerprint density at radius 1 is 1.35 bits per heavy atom. The van der Waals surface area contributed by atoms with Crippen molar-refractivity contribution in [1.82, 2.24) is 14.8 Å². The van der Waals surface area contributed by atoms with Crippen LogP contribution < -0.4 is 10.9 Å². The van der Waals surface area contributed by atoms with Crippen molar-refractivity contribution < 1.29 is 9.53 Å². The van der Waals surface area contributed by atoms with Crippen LogP contribution in [0.4, 0.5) is 0 Å². The highest BCUT2D eigenvalue weighted by molar-refractivity contribution is 14.0. The maximum absolute atomic E-state index is 11.8. The number of esters is 1. The van der Waals surface area contributed by atoms with Gasteiger partial charge in [0.05, 0.1) is 13.0 Å². The minimum absolute atomic E-state index is 0. The van der Waals surface area contributed by atoms with Crippen LogP contribution in [0.25, 0.3) is 0 Å². The number of carbonyl (C=O) groups is 1. The molecule has 0 aliphatic carbocycles. The van der Waals surface area contributed by atoms with Crippen LogP contribution in [0.3, 0.4) is 0 Å². The molecule has 2 heterocycles. The number of hydrogen-bond acceptors (Lipinski definition) is 4. The van der Waals surface area contributed by atoms with E-state index in [-0.39, 0.29) is 47.3 Å². The van der Waals surface area contributed by atoms with Crippen molar-refractivity contribution in [2.45, 2.75) is 26.3 Å². The highest BCUT2D eigenvalue weighted by Crippen LogP contribution is 2.23. The van der Waals surface area contributed by atoms with E-state index >= 15 is 0 Å². The third kappa shape index (κ3) is 6.00. The summed E-state index contributed by atoms with van der Waals surface area (Å²) in [6.45, 7) is 4.98. The first-order valence-corrected chi connectivity index (χ1v) is 8.75. The summed E-state index contributed by atoms with van der Waals surface area (Å²) in [5, 5.41) is 3.35. The minimum atomic E-state index is -0.154. The number of aliphatic imine (C=N–C) groups is 1. The first-order chi connectivity index (χ1) is 12.1. The van der Waals surface area contributed by atoms with Crippen molar-refractivity contribution in [2.24, 2.45) is 16.8 Å². The molecule has 1 aliphatic heterocycles. The van der Waals surface area contributed by atoms with Crippen molar-refractivity contribution in [3.63, 3.8) is 0 Å². The zero-order chi connectivity index (χ0) is 18.2. The van der Waals surface area contributed by atoms with Crippen molar-refractivity contribution >= 4 is 35.9 Å². The fourth-order valence-electron chi connectivity index (χ4n) is 3.18. The van der Waals surface area contributed by atoms with E-state index in [0.29, 0.717) is 13.1 Å². The van der Waals surface area contributed by atoms with Gasteiger partial charge in [0.25, 0.3) is 0 Å². The molecule has 0 spiro atoms. The first-order valence-electron chi connectivity index (χ1n) is 8.75. The number of aryl methyl sites for hydroxylation is 1. The van der Waals surface area contributed by atoms with Crippen LogP contribution in [-0.2, 0) is 16.1 Å². The SMILES string of the molecule is CN=C(NCCCCn1ccccc1=O)N1CC(C)C(C(=O)OC)C1.I. The predicted octanol–water partition coefficient (Wildman–Crippen LogP) is 1.56. The summed E-state index contributed by atoms with van der Waals surface area (Å²) < 4.78 is 6.60. The van der Waals surface area contributed by atoms with Gasteiger partial charge in [0, 0.05) is 45.5 Å². The van der Waals surface area contributed by atoms with Crippen LogP contribution in [0.2, 0.25) is 0 Å². The van der Waals surface area contributed by atoms with E-state index in [0.717, 1.165) is 31.9 Å². The number of rotatable bonds is 6. The Hall–Kier alpha value is -1.58. The third-order valence-corrected chi connectivity index (χ3v) is 4.64. The minimum Gasteiger partial charge on any atom is -0.469 e. The summed E-state index contributed by atoms with van der Waals surface area (Å²) in [5.41, 5.74) is 0.0335. The molecule has 1 aliphatic rings. The monoisotopic (exact) mass is 476 g/mol. The number of hydrogen-bond donors (Lipinski definition) is 1. The quantitative estimate of drug-likeness (QED) is 0.222. The number of nitrogens with zero attached hydrogens (tertiary/aromatic N) is 3. The second kappa shape index (κ2) is 11.2. The molecule has 146 valence electrons. The normalized spacial score (nSPS) is 19.8. The molecule has 2 unspecified atom stereocenters. The maximum atomic E-state index is 11.8. The molecule has 1 N–H and O–H groups in total. The Labute approximate surface area is 171 Å². The predicted molar refractivity (Wildman–Crippen MR) is 113 cm³/mol. The molecule has 0 aromatic carbocycles. The maximum Gasteiger partial charge on any atom is 0.310 e. The van der Waals surface area contributed by atoms with Crippen LogP contribution >= 0.6 is 24.0 Å². The van der Waals surface area contributed by atoms with Crippen LogP contribution in [0.5, 0.6) is 0 Å². The van der Waals surface area contributed by atoms with E-state index in [2.05, 4.69) is 22.1 Å². The van der Waals surface area contributed by atoms with Gasteiger partial charge in [-0.25, -0.2) is 0 Å². The number of halogens is 1. The molecule has 7 nitrogen and oxygen atoms in total. The van der Waals surface area contributed by atoms with Gasteiger partial charge >= 0.3 is 5.97 Å². The van der Waals surface area contributed by atoms with Gasteiger partial charge in [-0.05, 0) is 24.8 Å². The van der Waals surface area contributed by atoms with E-state index in [1.165, 1.54) is 7.11 Å². The highest BCUT2D eigenvalue weighted by Gasteiger charge is 2.36. The molecule has 1 saturated heterocycles. The van der Waals surface area contributed by atoms with E-state index < -0.39 is 0 Å².